The number of halogens is 2. The molecule has 0 fully saturated rings. The molecule has 0 aliphatic heterocycles. The zero-order chi connectivity index (χ0) is 15.4. The minimum atomic E-state index is -0.368. The Hall–Kier alpha value is -1.58. The van der Waals surface area contributed by atoms with Crippen molar-refractivity contribution >= 4 is 11.6 Å². The first-order chi connectivity index (χ1) is 10.0. The highest BCUT2D eigenvalue weighted by Gasteiger charge is 2.14. The topological polar surface area (TPSA) is 21.3 Å². The van der Waals surface area contributed by atoms with Crippen molar-refractivity contribution < 1.29 is 9.13 Å². The second-order valence-electron chi connectivity index (χ2n) is 5.16. The maximum absolute atomic E-state index is 14.5. The van der Waals surface area contributed by atoms with Crippen LogP contribution in [0.3, 0.4) is 0 Å². The van der Waals surface area contributed by atoms with Crippen molar-refractivity contribution in [2.45, 2.75) is 26.4 Å². The molecule has 21 heavy (non-hydrogen) atoms. The van der Waals surface area contributed by atoms with Crippen LogP contribution in [0.15, 0.2) is 36.4 Å². The zero-order valence-corrected chi connectivity index (χ0v) is 13.2. The summed E-state index contributed by atoms with van der Waals surface area (Å²) in [5.74, 6) is -0.136. The summed E-state index contributed by atoms with van der Waals surface area (Å²) in [4.78, 5) is 0. The van der Waals surface area contributed by atoms with Crippen LogP contribution in [0, 0.1) is 5.82 Å². The minimum Gasteiger partial charge on any atom is -0.494 e. The summed E-state index contributed by atoms with van der Waals surface area (Å²) in [6.45, 7) is 4.80. The van der Waals surface area contributed by atoms with Crippen molar-refractivity contribution in [3.8, 4) is 16.9 Å². The van der Waals surface area contributed by atoms with Gasteiger partial charge in [0, 0.05) is 23.2 Å². The molecule has 0 amide bonds. The third-order valence-corrected chi connectivity index (χ3v) is 3.48. The highest BCUT2D eigenvalue weighted by atomic mass is 35.5. The van der Waals surface area contributed by atoms with Crippen molar-refractivity contribution in [1.82, 2.24) is 5.32 Å². The third kappa shape index (κ3) is 3.74. The molecule has 2 aromatic carbocycles. The maximum Gasteiger partial charge on any atom is 0.172 e. The first-order valence-electron chi connectivity index (χ1n) is 6.87. The van der Waals surface area contributed by atoms with Gasteiger partial charge < -0.3 is 10.1 Å². The molecule has 2 nitrogen and oxygen atoms in total. The number of benzene rings is 2. The number of methoxy groups -OCH3 is 1. The van der Waals surface area contributed by atoms with Crippen molar-refractivity contribution in [3.05, 3.63) is 52.8 Å². The molecule has 0 unspecified atom stereocenters. The average molecular weight is 308 g/mol. The van der Waals surface area contributed by atoms with Crippen LogP contribution in [0.2, 0.25) is 5.02 Å². The minimum absolute atomic E-state index is 0.232. The Morgan fingerprint density at radius 3 is 2.62 bits per heavy atom. The lowest BCUT2D eigenvalue weighted by molar-refractivity contribution is 0.387. The molecule has 0 aromatic heterocycles. The fourth-order valence-corrected chi connectivity index (χ4v) is 2.32. The third-order valence-electron chi connectivity index (χ3n) is 3.25. The van der Waals surface area contributed by atoms with Gasteiger partial charge in [0.1, 0.15) is 0 Å². The van der Waals surface area contributed by atoms with E-state index in [1.807, 2.05) is 12.1 Å². The molecule has 0 aliphatic carbocycles. The molecular formula is C17H19ClFNO. The fraction of sp³-hybridized carbons (Fsp3) is 0.294. The molecule has 0 heterocycles. The lowest BCUT2D eigenvalue weighted by Crippen LogP contribution is -2.22. The van der Waals surface area contributed by atoms with Gasteiger partial charge in [-0.1, -0.05) is 43.6 Å². The molecular weight excluding hydrogens is 289 g/mol. The van der Waals surface area contributed by atoms with E-state index in [2.05, 4.69) is 19.2 Å². The van der Waals surface area contributed by atoms with Crippen molar-refractivity contribution in [2.75, 3.05) is 7.11 Å². The van der Waals surface area contributed by atoms with E-state index in [1.165, 1.54) is 7.11 Å². The van der Waals surface area contributed by atoms with Gasteiger partial charge in [-0.25, -0.2) is 4.39 Å². The molecule has 1 N–H and O–H groups in total. The van der Waals surface area contributed by atoms with E-state index in [1.54, 1.807) is 24.3 Å². The number of hydrogen-bond donors (Lipinski definition) is 1. The molecule has 4 heteroatoms. The zero-order valence-electron chi connectivity index (χ0n) is 12.4. The Bertz CT molecular complexity index is 628. The Morgan fingerprint density at radius 2 is 1.95 bits per heavy atom. The fourth-order valence-electron chi connectivity index (χ4n) is 2.14. The van der Waals surface area contributed by atoms with Crippen LogP contribution >= 0.6 is 11.6 Å². The van der Waals surface area contributed by atoms with E-state index in [-0.39, 0.29) is 11.6 Å². The Balaban J connectivity index is 2.49. The highest BCUT2D eigenvalue weighted by Crippen LogP contribution is 2.33. The van der Waals surface area contributed by atoms with Crippen LogP contribution in [-0.2, 0) is 6.54 Å². The summed E-state index contributed by atoms with van der Waals surface area (Å²) in [5, 5.41) is 3.93. The summed E-state index contributed by atoms with van der Waals surface area (Å²) in [5.41, 5.74) is 2.28. The molecule has 2 aromatic rings. The van der Waals surface area contributed by atoms with Gasteiger partial charge in [-0.2, -0.15) is 0 Å². The van der Waals surface area contributed by atoms with Gasteiger partial charge in [0.15, 0.2) is 11.6 Å². The van der Waals surface area contributed by atoms with Crippen molar-refractivity contribution in [2.24, 2.45) is 0 Å². The smallest absolute Gasteiger partial charge is 0.172 e. The Morgan fingerprint density at radius 1 is 1.19 bits per heavy atom. The summed E-state index contributed by atoms with van der Waals surface area (Å²) in [6.07, 6.45) is 0. The molecule has 0 bridgehead atoms. The van der Waals surface area contributed by atoms with Gasteiger partial charge in [0.25, 0.3) is 0 Å². The van der Waals surface area contributed by atoms with Gasteiger partial charge >= 0.3 is 0 Å². The molecule has 0 aliphatic rings. The molecule has 112 valence electrons. The number of nitrogens with one attached hydrogen (secondary N) is 1. The first kappa shape index (κ1) is 15.8. The average Bonchev–Trinajstić information content (AvgIpc) is 2.46. The number of ether oxygens (including phenoxy) is 1. The van der Waals surface area contributed by atoms with Crippen LogP contribution in [0.25, 0.3) is 11.1 Å². The lowest BCUT2D eigenvalue weighted by Gasteiger charge is -2.15. The Labute approximate surface area is 129 Å². The van der Waals surface area contributed by atoms with Gasteiger partial charge in [0.2, 0.25) is 0 Å². The predicted molar refractivity (Wildman–Crippen MR) is 85.4 cm³/mol. The van der Waals surface area contributed by atoms with E-state index >= 15 is 0 Å². The quantitative estimate of drug-likeness (QED) is 0.868. The van der Waals surface area contributed by atoms with E-state index in [9.17, 15) is 4.39 Å². The van der Waals surface area contributed by atoms with Gasteiger partial charge in [-0.05, 0) is 29.3 Å². The van der Waals surface area contributed by atoms with Gasteiger partial charge in [0.05, 0.1) is 7.11 Å². The largest absolute Gasteiger partial charge is 0.494 e. The standard InChI is InChI=1S/C17H19ClFNO/c1-11(2)20-10-12-7-8-13(18)9-15(12)14-5-4-6-16(21-3)17(14)19/h4-9,11,20H,10H2,1-3H3. The van der Waals surface area contributed by atoms with Crippen LogP contribution < -0.4 is 10.1 Å². The second kappa shape index (κ2) is 6.92. The summed E-state index contributed by atoms with van der Waals surface area (Å²) in [7, 11) is 1.46. The van der Waals surface area contributed by atoms with Crippen LogP contribution in [0.4, 0.5) is 4.39 Å². The van der Waals surface area contributed by atoms with Crippen LogP contribution in [0.1, 0.15) is 19.4 Å². The second-order valence-corrected chi connectivity index (χ2v) is 5.60. The van der Waals surface area contributed by atoms with E-state index < -0.39 is 0 Å². The van der Waals surface area contributed by atoms with Crippen LogP contribution in [0.5, 0.6) is 5.75 Å². The molecule has 2 rings (SSSR count). The van der Waals surface area contributed by atoms with Crippen molar-refractivity contribution in [1.29, 1.82) is 0 Å². The van der Waals surface area contributed by atoms with Crippen LogP contribution in [-0.4, -0.2) is 13.2 Å². The first-order valence-corrected chi connectivity index (χ1v) is 7.25. The number of hydrogen-bond acceptors (Lipinski definition) is 2. The molecule has 0 atom stereocenters. The molecule has 0 radical (unpaired) electrons. The van der Waals surface area contributed by atoms with E-state index in [0.717, 1.165) is 11.1 Å². The normalized spacial score (nSPS) is 11.0. The van der Waals surface area contributed by atoms with Gasteiger partial charge in [-0.15, -0.1) is 0 Å². The van der Waals surface area contributed by atoms with E-state index in [0.29, 0.717) is 23.2 Å². The number of rotatable bonds is 5. The van der Waals surface area contributed by atoms with Crippen molar-refractivity contribution in [3.63, 3.8) is 0 Å². The van der Waals surface area contributed by atoms with Gasteiger partial charge in [-0.3, -0.25) is 0 Å². The highest BCUT2D eigenvalue weighted by molar-refractivity contribution is 6.30. The lowest BCUT2D eigenvalue weighted by atomic mass is 9.98. The summed E-state index contributed by atoms with van der Waals surface area (Å²) in [6, 6.07) is 11.0. The molecule has 0 saturated heterocycles. The summed E-state index contributed by atoms with van der Waals surface area (Å²) >= 11 is 6.08. The predicted octanol–water partition coefficient (Wildman–Crippen LogP) is 4.65. The molecule has 0 saturated carbocycles. The SMILES string of the molecule is COc1cccc(-c2cc(Cl)ccc2CNC(C)C)c1F. The Kier molecular flexibility index (Phi) is 5.21. The molecule has 0 spiro atoms. The summed E-state index contributed by atoms with van der Waals surface area (Å²) < 4.78 is 19.5. The monoisotopic (exact) mass is 307 g/mol. The maximum atomic E-state index is 14.5. The van der Waals surface area contributed by atoms with E-state index in [4.69, 9.17) is 16.3 Å².